The molecule has 15 heavy (non-hydrogen) atoms. The van der Waals surface area contributed by atoms with Crippen molar-refractivity contribution in [2.24, 2.45) is 0 Å². The van der Waals surface area contributed by atoms with Crippen molar-refractivity contribution in [3.8, 4) is 0 Å². The van der Waals surface area contributed by atoms with E-state index in [2.05, 4.69) is 66.0 Å². The number of nitrogens with zero attached hydrogens (tertiary/aromatic N) is 2. The summed E-state index contributed by atoms with van der Waals surface area (Å²) in [5.74, 6) is 0. The smallest absolute Gasteiger partial charge is 0.144 e. The summed E-state index contributed by atoms with van der Waals surface area (Å²) in [5.41, 5.74) is 1.69. The fourth-order valence-electron chi connectivity index (χ4n) is 1.07. The van der Waals surface area contributed by atoms with Crippen LogP contribution in [-0.4, -0.2) is 10.4 Å². The molecule has 2 rings (SSSR count). The van der Waals surface area contributed by atoms with E-state index in [0.29, 0.717) is 5.41 Å². The van der Waals surface area contributed by atoms with Gasteiger partial charge in [0.1, 0.15) is 6.26 Å². The Labute approximate surface area is 90.1 Å². The van der Waals surface area contributed by atoms with Crippen LogP contribution in [0.4, 0.5) is 0 Å². The highest BCUT2D eigenvalue weighted by molar-refractivity contribution is 5.21. The lowest BCUT2D eigenvalue weighted by molar-refractivity contribution is 0.393. The molecule has 0 atom stereocenters. The van der Waals surface area contributed by atoms with E-state index in [1.165, 1.54) is 18.0 Å². The van der Waals surface area contributed by atoms with Gasteiger partial charge in [-0.1, -0.05) is 51.1 Å². The van der Waals surface area contributed by atoms with Gasteiger partial charge < -0.3 is 4.52 Å². The first-order valence-corrected chi connectivity index (χ1v) is 4.87. The van der Waals surface area contributed by atoms with Gasteiger partial charge in [-0.2, -0.15) is 0 Å². The third-order valence-corrected chi connectivity index (χ3v) is 1.92. The SMILES string of the molecule is CC(C)(C)c1ccccc1.c1conn1. The Hall–Kier alpha value is -1.64. The van der Waals surface area contributed by atoms with E-state index >= 15 is 0 Å². The Balaban J connectivity index is 0.000000187. The van der Waals surface area contributed by atoms with Gasteiger partial charge in [-0.05, 0) is 11.0 Å². The second kappa shape index (κ2) is 5.29. The van der Waals surface area contributed by atoms with Crippen molar-refractivity contribution in [3.63, 3.8) is 0 Å². The Morgan fingerprint density at radius 2 is 1.73 bits per heavy atom. The van der Waals surface area contributed by atoms with Crippen molar-refractivity contribution in [2.75, 3.05) is 0 Å². The highest BCUT2D eigenvalue weighted by Crippen LogP contribution is 2.20. The molecule has 1 aromatic carbocycles. The van der Waals surface area contributed by atoms with Crippen molar-refractivity contribution in [1.29, 1.82) is 0 Å². The Bertz CT molecular complexity index is 332. The van der Waals surface area contributed by atoms with Crippen LogP contribution in [0.1, 0.15) is 26.3 Å². The predicted molar refractivity (Wildman–Crippen MR) is 59.4 cm³/mol. The maximum absolute atomic E-state index is 4.22. The van der Waals surface area contributed by atoms with Crippen molar-refractivity contribution in [2.45, 2.75) is 26.2 Å². The van der Waals surface area contributed by atoms with Crippen LogP contribution in [0.25, 0.3) is 0 Å². The molecule has 0 fully saturated rings. The normalized spacial score (nSPS) is 10.3. The molecule has 0 saturated carbocycles. The molecule has 3 nitrogen and oxygen atoms in total. The summed E-state index contributed by atoms with van der Waals surface area (Å²) in [6.45, 7) is 6.67. The number of rotatable bonds is 0. The molecule has 0 N–H and O–H groups in total. The van der Waals surface area contributed by atoms with Gasteiger partial charge in [-0.25, -0.2) is 0 Å². The number of hydrogen-bond donors (Lipinski definition) is 0. The van der Waals surface area contributed by atoms with Crippen LogP contribution in [0, 0.1) is 0 Å². The van der Waals surface area contributed by atoms with Crippen molar-refractivity contribution in [1.82, 2.24) is 10.4 Å². The standard InChI is InChI=1S/C10H14.C2H2N2O/c1-10(2,3)9-7-5-4-6-8-9;1-2-5-4-3-1/h4-8H,1-3H3;1-2H. The highest BCUT2D eigenvalue weighted by atomic mass is 16.5. The Morgan fingerprint density at radius 3 is 2.00 bits per heavy atom. The summed E-state index contributed by atoms with van der Waals surface area (Å²) >= 11 is 0. The highest BCUT2D eigenvalue weighted by Gasteiger charge is 2.11. The Kier molecular flexibility index (Phi) is 4.03. The fraction of sp³-hybridized carbons (Fsp3) is 0.333. The third kappa shape index (κ3) is 4.40. The van der Waals surface area contributed by atoms with Gasteiger partial charge in [-0.15, -0.1) is 5.10 Å². The van der Waals surface area contributed by atoms with Crippen molar-refractivity contribution < 1.29 is 4.52 Å². The summed E-state index contributed by atoms with van der Waals surface area (Å²) in [7, 11) is 0. The molecule has 0 spiro atoms. The minimum Gasteiger partial charge on any atom is -0.346 e. The van der Waals surface area contributed by atoms with E-state index < -0.39 is 0 Å². The molecule has 80 valence electrons. The fourth-order valence-corrected chi connectivity index (χ4v) is 1.07. The van der Waals surface area contributed by atoms with E-state index in [1.807, 2.05) is 0 Å². The molecule has 0 amide bonds. The van der Waals surface area contributed by atoms with Crippen LogP contribution in [-0.2, 0) is 5.41 Å². The first kappa shape index (κ1) is 11.4. The lowest BCUT2D eigenvalue weighted by atomic mass is 9.87. The summed E-state index contributed by atoms with van der Waals surface area (Å²) < 4.78 is 4.22. The van der Waals surface area contributed by atoms with E-state index in [-0.39, 0.29) is 0 Å². The van der Waals surface area contributed by atoms with Gasteiger partial charge >= 0.3 is 0 Å². The first-order chi connectivity index (χ1) is 7.11. The lowest BCUT2D eigenvalue weighted by Gasteiger charge is -2.18. The molecule has 0 bridgehead atoms. The van der Waals surface area contributed by atoms with Gasteiger partial charge in [0.15, 0.2) is 0 Å². The average Bonchev–Trinajstić information content (AvgIpc) is 2.76. The van der Waals surface area contributed by atoms with Crippen LogP contribution in [0.15, 0.2) is 47.3 Å². The number of aromatic nitrogens is 2. The van der Waals surface area contributed by atoms with Crippen molar-refractivity contribution >= 4 is 0 Å². The van der Waals surface area contributed by atoms with Gasteiger partial charge in [0.2, 0.25) is 0 Å². The van der Waals surface area contributed by atoms with Crippen LogP contribution in [0.5, 0.6) is 0 Å². The van der Waals surface area contributed by atoms with Gasteiger partial charge in [0, 0.05) is 5.27 Å². The summed E-state index contributed by atoms with van der Waals surface area (Å²) in [6, 6.07) is 10.6. The molecule has 0 saturated heterocycles. The topological polar surface area (TPSA) is 38.9 Å². The second-order valence-electron chi connectivity index (χ2n) is 4.20. The lowest BCUT2D eigenvalue weighted by Crippen LogP contribution is -2.10. The molecule has 3 heteroatoms. The summed E-state index contributed by atoms with van der Waals surface area (Å²) in [6.07, 6.45) is 2.88. The van der Waals surface area contributed by atoms with Gasteiger partial charge in [0.25, 0.3) is 0 Å². The van der Waals surface area contributed by atoms with Crippen molar-refractivity contribution in [3.05, 3.63) is 48.4 Å². The first-order valence-electron chi connectivity index (χ1n) is 4.87. The van der Waals surface area contributed by atoms with Crippen LogP contribution in [0.2, 0.25) is 0 Å². The minimum absolute atomic E-state index is 0.293. The molecule has 2 aromatic rings. The zero-order chi connectivity index (χ0) is 11.1. The molecular formula is C12H16N2O. The van der Waals surface area contributed by atoms with Gasteiger partial charge in [0.05, 0.1) is 6.20 Å². The molecule has 0 aliphatic heterocycles. The monoisotopic (exact) mass is 204 g/mol. The van der Waals surface area contributed by atoms with Gasteiger partial charge in [-0.3, -0.25) is 0 Å². The third-order valence-electron chi connectivity index (χ3n) is 1.92. The quantitative estimate of drug-likeness (QED) is 0.662. The van der Waals surface area contributed by atoms with Crippen LogP contribution in [0.3, 0.4) is 0 Å². The van der Waals surface area contributed by atoms with Crippen LogP contribution >= 0.6 is 0 Å². The summed E-state index contributed by atoms with van der Waals surface area (Å²) in [4.78, 5) is 0. The molecule has 0 aliphatic rings. The van der Waals surface area contributed by atoms with E-state index in [0.717, 1.165) is 0 Å². The van der Waals surface area contributed by atoms with E-state index in [4.69, 9.17) is 0 Å². The predicted octanol–water partition coefficient (Wildman–Crippen LogP) is 3.05. The minimum atomic E-state index is 0.293. The average molecular weight is 204 g/mol. The van der Waals surface area contributed by atoms with Crippen LogP contribution < -0.4 is 0 Å². The van der Waals surface area contributed by atoms with E-state index in [1.54, 1.807) is 0 Å². The second-order valence-corrected chi connectivity index (χ2v) is 4.20. The molecular weight excluding hydrogens is 188 g/mol. The largest absolute Gasteiger partial charge is 0.346 e. The molecule has 0 unspecified atom stereocenters. The zero-order valence-electron chi connectivity index (χ0n) is 9.34. The molecule has 0 aliphatic carbocycles. The summed E-state index contributed by atoms with van der Waals surface area (Å²) in [5, 5.41) is 6.40. The molecule has 1 heterocycles. The number of benzene rings is 1. The van der Waals surface area contributed by atoms with E-state index in [9.17, 15) is 0 Å². The maximum atomic E-state index is 4.22. The number of hydrogen-bond acceptors (Lipinski definition) is 3. The zero-order valence-corrected chi connectivity index (χ0v) is 9.34. The molecule has 0 radical (unpaired) electrons. The molecule has 1 aromatic heterocycles. The Morgan fingerprint density at radius 1 is 1.07 bits per heavy atom. The maximum Gasteiger partial charge on any atom is 0.144 e.